The first kappa shape index (κ1) is 16.5. The molecule has 6 heteroatoms. The summed E-state index contributed by atoms with van der Waals surface area (Å²) in [5, 5.41) is 2.39. The summed E-state index contributed by atoms with van der Waals surface area (Å²) in [6.07, 6.45) is 0. The topological polar surface area (TPSA) is 33.2 Å². The lowest BCUT2D eigenvalue weighted by molar-refractivity contribution is 0.0747. The van der Waals surface area contributed by atoms with Crippen molar-refractivity contribution < 1.29 is 4.79 Å². The molecule has 0 spiro atoms. The van der Waals surface area contributed by atoms with Crippen LogP contribution in [-0.2, 0) is 0 Å². The monoisotopic (exact) mass is 386 g/mol. The Morgan fingerprint density at radius 1 is 1.08 bits per heavy atom. The molecule has 126 valence electrons. The molecule has 0 aliphatic heterocycles. The zero-order valence-electron chi connectivity index (χ0n) is 13.7. The van der Waals surface area contributed by atoms with Gasteiger partial charge in [-0.15, -0.1) is 22.7 Å². The Labute approximate surface area is 158 Å². The molecule has 1 amide bonds. The van der Waals surface area contributed by atoms with Crippen LogP contribution in [0.3, 0.4) is 0 Å². The predicted molar refractivity (Wildman–Crippen MR) is 107 cm³/mol. The normalized spacial score (nSPS) is 12.6. The molecular weight excluding hydrogens is 372 g/mol. The van der Waals surface area contributed by atoms with E-state index >= 15 is 0 Å². The van der Waals surface area contributed by atoms with Gasteiger partial charge in [0.15, 0.2) is 0 Å². The minimum atomic E-state index is -0.119. The molecular formula is C19H15ClN2OS2. The van der Waals surface area contributed by atoms with Crippen LogP contribution in [0.5, 0.6) is 0 Å². The molecule has 25 heavy (non-hydrogen) atoms. The van der Waals surface area contributed by atoms with Crippen molar-refractivity contribution in [3.8, 4) is 0 Å². The number of rotatable bonds is 3. The van der Waals surface area contributed by atoms with Crippen LogP contribution in [0.25, 0.3) is 20.3 Å². The number of fused-ring (bicyclic) bond motifs is 2. The smallest absolute Gasteiger partial charge is 0.265 e. The Kier molecular flexibility index (Phi) is 4.23. The fraction of sp³-hybridized carbons (Fsp3) is 0.158. The van der Waals surface area contributed by atoms with Crippen LogP contribution in [0.4, 0.5) is 0 Å². The molecule has 1 atom stereocenters. The first-order chi connectivity index (χ1) is 12.1. The van der Waals surface area contributed by atoms with Crippen molar-refractivity contribution >= 4 is 60.5 Å². The van der Waals surface area contributed by atoms with Gasteiger partial charge in [-0.05, 0) is 25.1 Å². The number of thiophene rings is 1. The van der Waals surface area contributed by atoms with Gasteiger partial charge in [0.05, 0.1) is 21.3 Å². The average Bonchev–Trinajstić information content (AvgIpc) is 3.21. The molecule has 2 aromatic carbocycles. The van der Waals surface area contributed by atoms with Crippen molar-refractivity contribution in [2.75, 3.05) is 7.05 Å². The van der Waals surface area contributed by atoms with Crippen LogP contribution in [0, 0.1) is 0 Å². The Bertz CT molecular complexity index is 1050. The van der Waals surface area contributed by atoms with Crippen LogP contribution in [-0.4, -0.2) is 22.8 Å². The largest absolute Gasteiger partial charge is 0.332 e. The Hall–Kier alpha value is -1.95. The number of hydrogen-bond acceptors (Lipinski definition) is 4. The second kappa shape index (κ2) is 6.41. The van der Waals surface area contributed by atoms with Crippen molar-refractivity contribution in [2.45, 2.75) is 13.0 Å². The van der Waals surface area contributed by atoms with Crippen molar-refractivity contribution in [3.63, 3.8) is 0 Å². The lowest BCUT2D eigenvalue weighted by Crippen LogP contribution is -2.29. The molecule has 0 saturated carbocycles. The fourth-order valence-electron chi connectivity index (χ4n) is 2.72. The number of carbonyl (C=O) groups excluding carboxylic acids is 1. The van der Waals surface area contributed by atoms with Crippen LogP contribution in [0.2, 0.25) is 5.02 Å². The maximum absolute atomic E-state index is 13.0. The SMILES string of the molecule is CC(c1nc2ccccc2s1)N(C)C(=O)c1sc2ccccc2c1Cl. The van der Waals surface area contributed by atoms with Gasteiger partial charge in [0, 0.05) is 17.1 Å². The molecule has 0 radical (unpaired) electrons. The van der Waals surface area contributed by atoms with Crippen molar-refractivity contribution in [1.29, 1.82) is 0 Å². The van der Waals surface area contributed by atoms with Gasteiger partial charge in [-0.25, -0.2) is 4.98 Å². The van der Waals surface area contributed by atoms with Crippen molar-refractivity contribution in [3.05, 3.63) is 63.4 Å². The Balaban J connectivity index is 1.67. The number of halogens is 1. The third-order valence-corrected chi connectivity index (χ3v) is 7.17. The quantitative estimate of drug-likeness (QED) is 0.432. The number of amides is 1. The summed E-state index contributed by atoms with van der Waals surface area (Å²) in [7, 11) is 1.81. The molecule has 2 aromatic heterocycles. The van der Waals surface area contributed by atoms with E-state index in [2.05, 4.69) is 4.98 Å². The number of benzene rings is 2. The summed E-state index contributed by atoms with van der Waals surface area (Å²) < 4.78 is 2.15. The van der Waals surface area contributed by atoms with Crippen molar-refractivity contribution in [2.24, 2.45) is 0 Å². The third-order valence-electron chi connectivity index (χ3n) is 4.30. The highest BCUT2D eigenvalue weighted by Crippen LogP contribution is 2.37. The zero-order chi connectivity index (χ0) is 17.6. The van der Waals surface area contributed by atoms with Gasteiger partial charge in [-0.1, -0.05) is 41.9 Å². The Morgan fingerprint density at radius 3 is 2.48 bits per heavy atom. The molecule has 4 rings (SSSR count). The second-order valence-corrected chi connectivity index (χ2v) is 8.35. The molecule has 1 unspecified atom stereocenters. The lowest BCUT2D eigenvalue weighted by Gasteiger charge is -2.22. The first-order valence-electron chi connectivity index (χ1n) is 7.86. The Morgan fingerprint density at radius 2 is 1.76 bits per heavy atom. The van der Waals surface area contributed by atoms with Gasteiger partial charge in [0.1, 0.15) is 9.88 Å². The van der Waals surface area contributed by atoms with E-state index in [1.807, 2.05) is 55.5 Å². The highest BCUT2D eigenvalue weighted by atomic mass is 35.5. The molecule has 0 aliphatic rings. The number of nitrogens with zero attached hydrogens (tertiary/aromatic N) is 2. The highest BCUT2D eigenvalue weighted by Gasteiger charge is 2.25. The molecule has 3 nitrogen and oxygen atoms in total. The van der Waals surface area contributed by atoms with E-state index < -0.39 is 0 Å². The summed E-state index contributed by atoms with van der Waals surface area (Å²) in [5.74, 6) is -0.0713. The maximum Gasteiger partial charge on any atom is 0.265 e. The molecule has 0 saturated heterocycles. The summed E-state index contributed by atoms with van der Waals surface area (Å²) >= 11 is 9.52. The summed E-state index contributed by atoms with van der Waals surface area (Å²) in [4.78, 5) is 20.0. The molecule has 0 aliphatic carbocycles. The van der Waals surface area contributed by atoms with Gasteiger partial charge in [0.2, 0.25) is 0 Å². The highest BCUT2D eigenvalue weighted by molar-refractivity contribution is 7.21. The third kappa shape index (κ3) is 2.82. The van der Waals surface area contributed by atoms with Gasteiger partial charge < -0.3 is 4.90 Å². The predicted octanol–water partition coefficient (Wildman–Crippen LogP) is 6.00. The molecule has 4 aromatic rings. The molecule has 2 heterocycles. The van der Waals surface area contributed by atoms with Crippen LogP contribution < -0.4 is 0 Å². The maximum atomic E-state index is 13.0. The number of thiazole rings is 1. The average molecular weight is 387 g/mol. The van der Waals surface area contributed by atoms with Gasteiger partial charge >= 0.3 is 0 Å². The standard InChI is InChI=1S/C19H15ClN2OS2/c1-11(18-21-13-8-4-6-10-15(13)25-18)22(2)19(23)17-16(20)12-7-3-5-9-14(12)24-17/h3-11H,1-2H3. The van der Waals surface area contributed by atoms with E-state index in [1.54, 1.807) is 23.3 Å². The molecule has 0 bridgehead atoms. The number of aromatic nitrogens is 1. The van der Waals surface area contributed by atoms with Gasteiger partial charge in [-0.3, -0.25) is 4.79 Å². The van der Waals surface area contributed by atoms with Crippen LogP contribution in [0.1, 0.15) is 27.6 Å². The van der Waals surface area contributed by atoms with Gasteiger partial charge in [0.25, 0.3) is 5.91 Å². The van der Waals surface area contributed by atoms with Crippen molar-refractivity contribution in [1.82, 2.24) is 9.88 Å². The molecule has 0 fully saturated rings. The zero-order valence-corrected chi connectivity index (χ0v) is 16.1. The first-order valence-corrected chi connectivity index (χ1v) is 9.87. The summed E-state index contributed by atoms with van der Waals surface area (Å²) in [6.45, 7) is 2.00. The van der Waals surface area contributed by atoms with Gasteiger partial charge in [-0.2, -0.15) is 0 Å². The fourth-order valence-corrected chi connectivity index (χ4v) is 5.28. The second-order valence-electron chi connectivity index (χ2n) is 5.85. The van der Waals surface area contributed by atoms with E-state index in [0.29, 0.717) is 9.90 Å². The lowest BCUT2D eigenvalue weighted by atomic mass is 10.2. The number of carbonyl (C=O) groups is 1. The number of para-hydroxylation sites is 1. The minimum absolute atomic E-state index is 0.0713. The van der Waals surface area contributed by atoms with Crippen LogP contribution in [0.15, 0.2) is 48.5 Å². The molecule has 0 N–H and O–H groups in total. The van der Waals surface area contributed by atoms with E-state index in [9.17, 15) is 4.79 Å². The van der Waals surface area contributed by atoms with Crippen LogP contribution >= 0.6 is 34.3 Å². The van der Waals surface area contributed by atoms with E-state index in [1.165, 1.54) is 11.3 Å². The summed E-state index contributed by atoms with van der Waals surface area (Å²) in [6, 6.07) is 15.7. The number of hydrogen-bond donors (Lipinski definition) is 0. The van der Waals surface area contributed by atoms with E-state index in [0.717, 1.165) is 25.3 Å². The van der Waals surface area contributed by atoms with E-state index in [4.69, 9.17) is 11.6 Å². The van der Waals surface area contributed by atoms with E-state index in [-0.39, 0.29) is 11.9 Å². The minimum Gasteiger partial charge on any atom is -0.332 e. The summed E-state index contributed by atoms with van der Waals surface area (Å²) in [5.41, 5.74) is 0.968.